The molecule has 1 aromatic rings. The molecule has 6 nitrogen and oxygen atoms in total. The third-order valence-electron chi connectivity index (χ3n) is 4.32. The number of carbonyl (C=O) groups is 2. The van der Waals surface area contributed by atoms with E-state index in [9.17, 15) is 0 Å². The Bertz CT molecular complexity index is 573. The predicted molar refractivity (Wildman–Crippen MR) is 104 cm³/mol. The highest BCUT2D eigenvalue weighted by molar-refractivity contribution is 9.10. The van der Waals surface area contributed by atoms with Gasteiger partial charge in [0, 0.05) is 4.47 Å². The number of halogens is 1. The van der Waals surface area contributed by atoms with Crippen LogP contribution in [0.2, 0.25) is 0 Å². The molecule has 0 saturated carbocycles. The largest absolute Gasteiger partial charge is 0.493 e. The number of hydrogen-bond acceptors (Lipinski definition) is 4. The summed E-state index contributed by atoms with van der Waals surface area (Å²) in [5.74, 6) is -1.71. The van der Waals surface area contributed by atoms with Gasteiger partial charge in [0.2, 0.25) is 0 Å². The fourth-order valence-electron chi connectivity index (χ4n) is 2.68. The van der Waals surface area contributed by atoms with E-state index in [1.807, 2.05) is 12.1 Å². The van der Waals surface area contributed by atoms with Gasteiger partial charge in [-0.05, 0) is 81.9 Å². The lowest BCUT2D eigenvalue weighted by atomic mass is 9.99. The maximum absolute atomic E-state index is 9.10. The van der Waals surface area contributed by atoms with Gasteiger partial charge in [0.1, 0.15) is 5.75 Å². The summed E-state index contributed by atoms with van der Waals surface area (Å²) in [5.41, 5.74) is 1.20. The monoisotopic (exact) mass is 429 g/mol. The lowest BCUT2D eigenvalue weighted by molar-refractivity contribution is -0.159. The Morgan fingerprint density at radius 2 is 1.81 bits per heavy atom. The van der Waals surface area contributed by atoms with Gasteiger partial charge in [0.05, 0.1) is 6.61 Å². The molecule has 1 aliphatic heterocycles. The lowest BCUT2D eigenvalue weighted by Crippen LogP contribution is -2.33. The van der Waals surface area contributed by atoms with Crippen LogP contribution in [0.25, 0.3) is 0 Å². The Morgan fingerprint density at radius 3 is 2.35 bits per heavy atom. The quantitative estimate of drug-likeness (QED) is 0.527. The van der Waals surface area contributed by atoms with Gasteiger partial charge >= 0.3 is 11.9 Å². The number of carboxylic acid groups (broad SMARTS) is 2. The van der Waals surface area contributed by atoms with E-state index in [0.29, 0.717) is 0 Å². The molecular formula is C19H28BrNO5. The second-order valence-electron chi connectivity index (χ2n) is 6.60. The van der Waals surface area contributed by atoms with Crippen LogP contribution < -0.4 is 4.74 Å². The zero-order valence-electron chi connectivity index (χ0n) is 15.4. The number of hydrogen-bond donors (Lipinski definition) is 2. The van der Waals surface area contributed by atoms with E-state index in [1.54, 1.807) is 0 Å². The first kappa shape index (κ1) is 22.4. The molecule has 0 aliphatic carbocycles. The molecule has 2 N–H and O–H groups in total. The van der Waals surface area contributed by atoms with Crippen molar-refractivity contribution in [3.05, 3.63) is 28.2 Å². The van der Waals surface area contributed by atoms with Gasteiger partial charge in [0.25, 0.3) is 0 Å². The minimum atomic E-state index is -1.82. The maximum atomic E-state index is 9.10. The van der Waals surface area contributed by atoms with Crippen molar-refractivity contribution >= 4 is 27.9 Å². The summed E-state index contributed by atoms with van der Waals surface area (Å²) in [6.45, 7) is 9.09. The van der Waals surface area contributed by atoms with E-state index >= 15 is 0 Å². The Kier molecular flexibility index (Phi) is 10.3. The number of rotatable bonds is 6. The van der Waals surface area contributed by atoms with Crippen molar-refractivity contribution in [1.29, 1.82) is 0 Å². The Balaban J connectivity index is 0.000000487. The van der Waals surface area contributed by atoms with Crippen molar-refractivity contribution in [2.45, 2.75) is 39.5 Å². The number of benzene rings is 1. The number of aryl methyl sites for hydroxylation is 1. The predicted octanol–water partition coefficient (Wildman–Crippen LogP) is 3.80. The van der Waals surface area contributed by atoms with Crippen LogP contribution in [-0.4, -0.2) is 53.3 Å². The zero-order valence-corrected chi connectivity index (χ0v) is 17.0. The summed E-state index contributed by atoms with van der Waals surface area (Å²) in [6, 6.07) is 6.19. The van der Waals surface area contributed by atoms with E-state index in [0.717, 1.165) is 29.2 Å². The van der Waals surface area contributed by atoms with Crippen LogP contribution in [0.4, 0.5) is 0 Å². The normalized spacial score (nSPS) is 15.0. The second kappa shape index (κ2) is 11.9. The fraction of sp³-hybridized carbons (Fsp3) is 0.579. The molecule has 0 bridgehead atoms. The second-order valence-corrected chi connectivity index (χ2v) is 7.52. The molecule has 0 unspecified atom stereocenters. The van der Waals surface area contributed by atoms with Gasteiger partial charge in [-0.25, -0.2) is 9.59 Å². The Hall–Kier alpha value is -1.60. The molecule has 1 aliphatic rings. The van der Waals surface area contributed by atoms with Crippen molar-refractivity contribution in [1.82, 2.24) is 4.90 Å². The molecule has 0 aromatic heterocycles. The molecule has 1 fully saturated rings. The third-order valence-corrected chi connectivity index (χ3v) is 4.82. The van der Waals surface area contributed by atoms with E-state index in [4.69, 9.17) is 24.5 Å². The maximum Gasteiger partial charge on any atom is 0.414 e. The summed E-state index contributed by atoms with van der Waals surface area (Å²) in [5, 5.41) is 14.8. The van der Waals surface area contributed by atoms with Crippen LogP contribution in [0.3, 0.4) is 0 Å². The number of ether oxygens (including phenoxy) is 1. The first-order chi connectivity index (χ1) is 12.3. The smallest absolute Gasteiger partial charge is 0.414 e. The summed E-state index contributed by atoms with van der Waals surface area (Å²) in [7, 11) is 0. The summed E-state index contributed by atoms with van der Waals surface area (Å²) in [6.07, 6.45) is 5.12. The minimum absolute atomic E-state index is 0.826. The van der Waals surface area contributed by atoms with Gasteiger partial charge in [-0.15, -0.1) is 0 Å². The van der Waals surface area contributed by atoms with E-state index in [2.05, 4.69) is 40.7 Å². The van der Waals surface area contributed by atoms with Crippen molar-refractivity contribution in [2.75, 3.05) is 26.2 Å². The van der Waals surface area contributed by atoms with E-state index in [-0.39, 0.29) is 0 Å². The first-order valence-corrected chi connectivity index (χ1v) is 9.66. The van der Waals surface area contributed by atoms with Crippen LogP contribution in [0, 0.1) is 12.8 Å². The highest BCUT2D eigenvalue weighted by atomic mass is 79.9. The third kappa shape index (κ3) is 9.20. The van der Waals surface area contributed by atoms with Crippen LogP contribution in [0.5, 0.6) is 5.75 Å². The highest BCUT2D eigenvalue weighted by Gasteiger charge is 2.14. The Morgan fingerprint density at radius 1 is 1.19 bits per heavy atom. The van der Waals surface area contributed by atoms with Gasteiger partial charge in [-0.1, -0.05) is 22.9 Å². The topological polar surface area (TPSA) is 87.1 Å². The summed E-state index contributed by atoms with van der Waals surface area (Å²) in [4.78, 5) is 20.8. The first-order valence-electron chi connectivity index (χ1n) is 8.87. The van der Waals surface area contributed by atoms with Gasteiger partial charge < -0.3 is 19.8 Å². The number of aliphatic carboxylic acids is 2. The molecule has 2 rings (SSSR count). The van der Waals surface area contributed by atoms with Gasteiger partial charge in [-0.3, -0.25) is 0 Å². The molecule has 1 aromatic carbocycles. The molecule has 1 saturated heterocycles. The Labute approximate surface area is 163 Å². The molecule has 26 heavy (non-hydrogen) atoms. The molecule has 146 valence electrons. The van der Waals surface area contributed by atoms with Crippen LogP contribution in [0.1, 0.15) is 38.2 Å². The molecule has 0 spiro atoms. The van der Waals surface area contributed by atoms with E-state index < -0.39 is 11.9 Å². The van der Waals surface area contributed by atoms with Crippen molar-refractivity contribution in [3.8, 4) is 5.75 Å². The van der Waals surface area contributed by atoms with Crippen LogP contribution >= 0.6 is 15.9 Å². The molecule has 1 heterocycles. The molecule has 0 amide bonds. The standard InChI is InChI=1S/C17H26BrNO.C2H2O4/c1-14-7-10-19(11-8-14)9-3-4-12-20-17-6-5-16(18)13-15(17)2;3-1(4)2(5)6/h5-6,13-14H,3-4,7-12H2,1-2H3;(H,3,4)(H,5,6). The minimum Gasteiger partial charge on any atom is -0.493 e. The summed E-state index contributed by atoms with van der Waals surface area (Å²) >= 11 is 3.48. The molecule has 0 atom stereocenters. The fourth-order valence-corrected chi connectivity index (χ4v) is 3.16. The van der Waals surface area contributed by atoms with Crippen molar-refractivity contribution in [3.63, 3.8) is 0 Å². The van der Waals surface area contributed by atoms with E-state index in [1.165, 1.54) is 44.5 Å². The van der Waals surface area contributed by atoms with Crippen LogP contribution in [0.15, 0.2) is 22.7 Å². The number of carboxylic acids is 2. The van der Waals surface area contributed by atoms with Crippen molar-refractivity contribution in [2.24, 2.45) is 5.92 Å². The summed E-state index contributed by atoms with van der Waals surface area (Å²) < 4.78 is 6.97. The van der Waals surface area contributed by atoms with Crippen molar-refractivity contribution < 1.29 is 24.5 Å². The average molecular weight is 430 g/mol. The zero-order chi connectivity index (χ0) is 19.5. The number of likely N-dealkylation sites (tertiary alicyclic amines) is 1. The SMILES string of the molecule is Cc1cc(Br)ccc1OCCCCN1CCC(C)CC1.O=C(O)C(=O)O. The average Bonchev–Trinajstić information content (AvgIpc) is 2.58. The van der Waals surface area contributed by atoms with Gasteiger partial charge in [-0.2, -0.15) is 0 Å². The highest BCUT2D eigenvalue weighted by Crippen LogP contribution is 2.22. The molecule has 0 radical (unpaired) electrons. The number of nitrogens with zero attached hydrogens (tertiary/aromatic N) is 1. The van der Waals surface area contributed by atoms with Crippen LogP contribution in [-0.2, 0) is 9.59 Å². The molecular weight excluding hydrogens is 402 g/mol. The lowest BCUT2D eigenvalue weighted by Gasteiger charge is -2.30. The van der Waals surface area contributed by atoms with Gasteiger partial charge in [0.15, 0.2) is 0 Å². The number of piperidine rings is 1. The molecule has 7 heteroatoms. The number of unbranched alkanes of at least 4 members (excludes halogenated alkanes) is 1.